The van der Waals surface area contributed by atoms with Crippen molar-refractivity contribution in [1.29, 1.82) is 0 Å². The van der Waals surface area contributed by atoms with Crippen molar-refractivity contribution in [1.82, 2.24) is 10.2 Å². The van der Waals surface area contributed by atoms with Crippen molar-refractivity contribution in [3.05, 3.63) is 0 Å². The van der Waals surface area contributed by atoms with Crippen LogP contribution in [0.5, 0.6) is 0 Å². The van der Waals surface area contributed by atoms with Gasteiger partial charge in [-0.3, -0.25) is 9.59 Å². The van der Waals surface area contributed by atoms with Crippen LogP contribution in [-0.2, 0) is 9.59 Å². The van der Waals surface area contributed by atoms with Crippen LogP contribution in [-0.4, -0.2) is 36.3 Å². The van der Waals surface area contributed by atoms with E-state index in [1.165, 1.54) is 0 Å². The number of carbonyl (C=O) groups excluding carboxylic acids is 2. The van der Waals surface area contributed by atoms with Crippen LogP contribution in [0.1, 0.15) is 46.5 Å². The molecule has 1 saturated heterocycles. The van der Waals surface area contributed by atoms with E-state index in [4.69, 9.17) is 0 Å². The molecule has 0 atom stereocenters. The van der Waals surface area contributed by atoms with Crippen LogP contribution in [0.4, 0.5) is 0 Å². The van der Waals surface area contributed by atoms with Gasteiger partial charge in [-0.25, -0.2) is 0 Å². The molecule has 0 aromatic heterocycles. The molecule has 4 nitrogen and oxygen atoms in total. The summed E-state index contributed by atoms with van der Waals surface area (Å²) in [5, 5.41) is 2.81. The first kappa shape index (κ1) is 14.0. The monoisotopic (exact) mass is 240 g/mol. The van der Waals surface area contributed by atoms with Crippen LogP contribution in [0, 0.1) is 5.41 Å². The second-order valence-corrected chi connectivity index (χ2v) is 5.93. The molecule has 0 aromatic carbocycles. The molecule has 0 aromatic rings. The molecule has 1 heterocycles. The molecule has 4 heteroatoms. The Bertz CT molecular complexity index is 276. The molecule has 0 aliphatic carbocycles. The maximum absolute atomic E-state index is 11.7. The van der Waals surface area contributed by atoms with Crippen LogP contribution in [0.25, 0.3) is 0 Å². The number of rotatable bonds is 4. The summed E-state index contributed by atoms with van der Waals surface area (Å²) in [7, 11) is 0. The highest BCUT2D eigenvalue weighted by atomic mass is 16.2. The smallest absolute Gasteiger partial charge is 0.224 e. The van der Waals surface area contributed by atoms with Crippen LogP contribution < -0.4 is 5.32 Å². The quantitative estimate of drug-likeness (QED) is 0.810. The lowest BCUT2D eigenvalue weighted by Gasteiger charge is -2.18. The van der Waals surface area contributed by atoms with Gasteiger partial charge in [-0.05, 0) is 18.3 Å². The number of nitrogens with one attached hydrogen (secondary N) is 1. The fourth-order valence-corrected chi connectivity index (χ4v) is 1.98. The van der Waals surface area contributed by atoms with Gasteiger partial charge >= 0.3 is 0 Å². The van der Waals surface area contributed by atoms with E-state index in [-0.39, 0.29) is 17.2 Å². The first-order valence-corrected chi connectivity index (χ1v) is 6.43. The Hall–Kier alpha value is -1.06. The van der Waals surface area contributed by atoms with Crippen molar-refractivity contribution in [2.45, 2.75) is 46.5 Å². The van der Waals surface area contributed by atoms with E-state index in [0.717, 1.165) is 25.9 Å². The van der Waals surface area contributed by atoms with Crippen molar-refractivity contribution >= 4 is 11.8 Å². The summed E-state index contributed by atoms with van der Waals surface area (Å²) in [6.45, 7) is 8.32. The van der Waals surface area contributed by atoms with Gasteiger partial charge in [-0.2, -0.15) is 0 Å². The van der Waals surface area contributed by atoms with E-state index in [1.807, 2.05) is 25.7 Å². The number of hydrogen-bond acceptors (Lipinski definition) is 2. The van der Waals surface area contributed by atoms with Crippen LogP contribution in [0.15, 0.2) is 0 Å². The SMILES string of the molecule is CC(C)(C)CC(=O)NCCC(=O)N1CCCC1. The molecule has 1 aliphatic heterocycles. The Morgan fingerprint density at radius 3 is 2.29 bits per heavy atom. The molecule has 0 radical (unpaired) electrons. The Balaban J connectivity index is 2.14. The minimum atomic E-state index is 0.00302. The Morgan fingerprint density at radius 2 is 1.76 bits per heavy atom. The summed E-state index contributed by atoms with van der Waals surface area (Å²) in [4.78, 5) is 25.1. The topological polar surface area (TPSA) is 49.4 Å². The van der Waals surface area contributed by atoms with Gasteiger partial charge in [0.2, 0.25) is 11.8 Å². The highest BCUT2D eigenvalue weighted by molar-refractivity contribution is 5.79. The fourth-order valence-electron chi connectivity index (χ4n) is 1.98. The van der Waals surface area contributed by atoms with E-state index in [2.05, 4.69) is 5.32 Å². The van der Waals surface area contributed by atoms with Crippen molar-refractivity contribution in [3.8, 4) is 0 Å². The second-order valence-electron chi connectivity index (χ2n) is 5.93. The zero-order valence-electron chi connectivity index (χ0n) is 11.2. The van der Waals surface area contributed by atoms with Gasteiger partial charge in [0.25, 0.3) is 0 Å². The first-order chi connectivity index (χ1) is 7.88. The maximum Gasteiger partial charge on any atom is 0.224 e. The van der Waals surface area contributed by atoms with Gasteiger partial charge in [0, 0.05) is 32.5 Å². The number of nitrogens with zero attached hydrogens (tertiary/aromatic N) is 1. The lowest BCUT2D eigenvalue weighted by atomic mass is 9.92. The van der Waals surface area contributed by atoms with Crippen molar-refractivity contribution in [2.24, 2.45) is 5.41 Å². The summed E-state index contributed by atoms with van der Waals surface area (Å²) in [5.74, 6) is 0.199. The minimum Gasteiger partial charge on any atom is -0.356 e. The summed E-state index contributed by atoms with van der Waals surface area (Å²) < 4.78 is 0. The molecule has 1 fully saturated rings. The molecule has 98 valence electrons. The predicted octanol–water partition coefficient (Wildman–Crippen LogP) is 1.55. The third-order valence-electron chi connectivity index (χ3n) is 2.81. The summed E-state index contributed by atoms with van der Waals surface area (Å²) in [6.07, 6.45) is 3.16. The van der Waals surface area contributed by atoms with Gasteiger partial charge < -0.3 is 10.2 Å². The fraction of sp³-hybridized carbons (Fsp3) is 0.846. The Labute approximate surface area is 104 Å². The lowest BCUT2D eigenvalue weighted by molar-refractivity contribution is -0.130. The highest BCUT2D eigenvalue weighted by Gasteiger charge is 2.18. The van der Waals surface area contributed by atoms with Crippen molar-refractivity contribution in [2.75, 3.05) is 19.6 Å². The molecular weight excluding hydrogens is 216 g/mol. The highest BCUT2D eigenvalue weighted by Crippen LogP contribution is 2.17. The van der Waals surface area contributed by atoms with E-state index in [0.29, 0.717) is 19.4 Å². The van der Waals surface area contributed by atoms with Gasteiger partial charge in [0.05, 0.1) is 0 Å². The molecule has 0 saturated carbocycles. The molecule has 0 unspecified atom stereocenters. The van der Waals surface area contributed by atoms with E-state index in [9.17, 15) is 9.59 Å². The largest absolute Gasteiger partial charge is 0.356 e. The van der Waals surface area contributed by atoms with E-state index >= 15 is 0 Å². The molecule has 1 aliphatic rings. The average Bonchev–Trinajstić information content (AvgIpc) is 2.66. The number of carbonyl (C=O) groups is 2. The molecule has 2 amide bonds. The van der Waals surface area contributed by atoms with Gasteiger partial charge in [-0.1, -0.05) is 20.8 Å². The standard InChI is InChI=1S/C13H24N2O2/c1-13(2,3)10-11(16)14-7-6-12(17)15-8-4-5-9-15/h4-10H2,1-3H3,(H,14,16). The van der Waals surface area contributed by atoms with E-state index in [1.54, 1.807) is 0 Å². The van der Waals surface area contributed by atoms with Crippen molar-refractivity contribution < 1.29 is 9.59 Å². The van der Waals surface area contributed by atoms with Crippen LogP contribution in [0.2, 0.25) is 0 Å². The second kappa shape index (κ2) is 6.03. The maximum atomic E-state index is 11.7. The third-order valence-corrected chi connectivity index (χ3v) is 2.81. The Morgan fingerprint density at radius 1 is 1.18 bits per heavy atom. The summed E-state index contributed by atoms with van der Waals surface area (Å²) in [6, 6.07) is 0. The minimum absolute atomic E-state index is 0.00302. The molecule has 0 bridgehead atoms. The Kier molecular flexibility index (Phi) is 4.97. The summed E-state index contributed by atoms with van der Waals surface area (Å²) in [5.41, 5.74) is 0.00302. The zero-order chi connectivity index (χ0) is 12.9. The molecular formula is C13H24N2O2. The zero-order valence-corrected chi connectivity index (χ0v) is 11.2. The number of likely N-dealkylation sites (tertiary alicyclic amines) is 1. The van der Waals surface area contributed by atoms with Gasteiger partial charge in [-0.15, -0.1) is 0 Å². The molecule has 0 spiro atoms. The molecule has 1 rings (SSSR count). The number of hydrogen-bond donors (Lipinski definition) is 1. The van der Waals surface area contributed by atoms with Crippen LogP contribution >= 0.6 is 0 Å². The molecule has 1 N–H and O–H groups in total. The number of amides is 2. The average molecular weight is 240 g/mol. The van der Waals surface area contributed by atoms with E-state index < -0.39 is 0 Å². The van der Waals surface area contributed by atoms with Gasteiger partial charge in [0.1, 0.15) is 0 Å². The third kappa shape index (κ3) is 5.71. The van der Waals surface area contributed by atoms with Crippen LogP contribution in [0.3, 0.4) is 0 Å². The van der Waals surface area contributed by atoms with Gasteiger partial charge in [0.15, 0.2) is 0 Å². The lowest BCUT2D eigenvalue weighted by Crippen LogP contribution is -2.33. The molecule has 17 heavy (non-hydrogen) atoms. The predicted molar refractivity (Wildman–Crippen MR) is 67.5 cm³/mol. The van der Waals surface area contributed by atoms with Crippen molar-refractivity contribution in [3.63, 3.8) is 0 Å². The summed E-state index contributed by atoms with van der Waals surface area (Å²) >= 11 is 0. The normalized spacial score (nSPS) is 16.1. The first-order valence-electron chi connectivity index (χ1n) is 6.43.